The summed E-state index contributed by atoms with van der Waals surface area (Å²) in [6.07, 6.45) is 11.3. The van der Waals surface area contributed by atoms with E-state index in [1.807, 2.05) is 12.1 Å². The highest BCUT2D eigenvalue weighted by atomic mass is 35.5. The fraction of sp³-hybridized carbons (Fsp3) is 0.500. The molecule has 0 radical (unpaired) electrons. The number of aryl methyl sites for hydroxylation is 1. The summed E-state index contributed by atoms with van der Waals surface area (Å²) in [7, 11) is 0. The number of fused-ring (bicyclic) bond motifs is 3. The third-order valence-corrected chi connectivity index (χ3v) is 9.34. The number of hydrogen-bond acceptors (Lipinski definition) is 5. The molecule has 212 valence electrons. The molecule has 1 spiro atoms. The van der Waals surface area contributed by atoms with Crippen molar-refractivity contribution in [3.05, 3.63) is 70.3 Å². The Bertz CT molecular complexity index is 1340. The van der Waals surface area contributed by atoms with Crippen molar-refractivity contribution in [3.8, 4) is 5.75 Å². The number of halogens is 1. The number of carboxylic acids is 1. The van der Waals surface area contributed by atoms with Gasteiger partial charge in [-0.25, -0.2) is 4.79 Å². The average molecular weight is 565 g/mol. The molecule has 2 aromatic carbocycles. The molecule has 2 aromatic rings. The molecule has 0 unspecified atom stereocenters. The molecule has 2 aliphatic heterocycles. The van der Waals surface area contributed by atoms with Crippen molar-refractivity contribution in [1.82, 2.24) is 4.90 Å². The minimum atomic E-state index is -2.34. The van der Waals surface area contributed by atoms with Crippen LogP contribution in [-0.4, -0.2) is 59.3 Å². The van der Waals surface area contributed by atoms with Gasteiger partial charge in [-0.05, 0) is 92.3 Å². The molecule has 0 saturated heterocycles. The Morgan fingerprint density at radius 2 is 1.93 bits per heavy atom. The summed E-state index contributed by atoms with van der Waals surface area (Å²) in [6.45, 7) is 2.44. The second kappa shape index (κ2) is 10.7. The van der Waals surface area contributed by atoms with Gasteiger partial charge in [0.05, 0.1) is 18.7 Å². The third-order valence-electron chi connectivity index (χ3n) is 9.10. The Kier molecular flexibility index (Phi) is 7.30. The zero-order valence-corrected chi connectivity index (χ0v) is 23.5. The van der Waals surface area contributed by atoms with E-state index in [2.05, 4.69) is 23.1 Å². The lowest BCUT2D eigenvalue weighted by Crippen LogP contribution is -2.46. The molecular formula is C32H37ClN2O5. The van der Waals surface area contributed by atoms with Crippen LogP contribution >= 0.6 is 11.6 Å². The van der Waals surface area contributed by atoms with Crippen molar-refractivity contribution in [2.75, 3.05) is 31.1 Å². The Hall–Kier alpha value is -3.03. The zero-order valence-electron chi connectivity index (χ0n) is 22.8. The van der Waals surface area contributed by atoms with Crippen LogP contribution in [0, 0.1) is 0 Å². The van der Waals surface area contributed by atoms with Crippen LogP contribution in [-0.2, 0) is 27.0 Å². The molecular weight excluding hydrogens is 528 g/mol. The molecule has 1 fully saturated rings. The normalized spacial score (nSPS) is 28.1. The van der Waals surface area contributed by atoms with E-state index in [1.165, 1.54) is 11.1 Å². The summed E-state index contributed by atoms with van der Waals surface area (Å²) in [5.41, 5.74) is 0.928. The maximum atomic E-state index is 13.4. The van der Waals surface area contributed by atoms with Gasteiger partial charge in [0.25, 0.3) is 0 Å². The molecule has 8 heteroatoms. The predicted molar refractivity (Wildman–Crippen MR) is 154 cm³/mol. The van der Waals surface area contributed by atoms with E-state index < -0.39 is 18.0 Å². The lowest BCUT2D eigenvalue weighted by atomic mass is 9.70. The van der Waals surface area contributed by atoms with Gasteiger partial charge in [-0.2, -0.15) is 0 Å². The summed E-state index contributed by atoms with van der Waals surface area (Å²) in [4.78, 5) is 29.9. The molecule has 2 N–H and O–H groups in total. The van der Waals surface area contributed by atoms with Crippen LogP contribution in [0.1, 0.15) is 68.1 Å². The maximum Gasteiger partial charge on any atom is 0.340 e. The molecule has 40 heavy (non-hydrogen) atoms. The number of amides is 1. The van der Waals surface area contributed by atoms with Crippen molar-refractivity contribution >= 4 is 29.2 Å². The quantitative estimate of drug-likeness (QED) is 0.487. The van der Waals surface area contributed by atoms with Gasteiger partial charge in [-0.15, -0.1) is 0 Å². The number of carbonyl (C=O) groups excluding carboxylic acids is 1. The first-order chi connectivity index (χ1) is 19.3. The highest BCUT2D eigenvalue weighted by molar-refractivity contribution is 6.30. The first kappa shape index (κ1) is 27.2. The van der Waals surface area contributed by atoms with Crippen molar-refractivity contribution in [1.29, 1.82) is 0 Å². The lowest BCUT2D eigenvalue weighted by Gasteiger charge is -2.41. The van der Waals surface area contributed by atoms with E-state index in [9.17, 15) is 19.8 Å². The fourth-order valence-electron chi connectivity index (χ4n) is 6.74. The minimum Gasteiger partial charge on any atom is -0.490 e. The van der Waals surface area contributed by atoms with Gasteiger partial charge in [-0.1, -0.05) is 35.9 Å². The van der Waals surface area contributed by atoms with Crippen molar-refractivity contribution < 1.29 is 24.5 Å². The number of rotatable bonds is 2. The van der Waals surface area contributed by atoms with Gasteiger partial charge in [0, 0.05) is 36.1 Å². The number of aliphatic carboxylic acids is 1. The number of ether oxygens (including phenoxy) is 1. The lowest BCUT2D eigenvalue weighted by molar-refractivity contribution is -0.165. The van der Waals surface area contributed by atoms with E-state index >= 15 is 0 Å². The van der Waals surface area contributed by atoms with E-state index in [4.69, 9.17) is 16.3 Å². The number of benzene rings is 2. The Balaban J connectivity index is 1.41. The van der Waals surface area contributed by atoms with Gasteiger partial charge in [0.1, 0.15) is 5.75 Å². The molecule has 0 aromatic heterocycles. The van der Waals surface area contributed by atoms with E-state index in [-0.39, 0.29) is 22.9 Å². The number of aliphatic hydroxyl groups is 1. The van der Waals surface area contributed by atoms with Crippen molar-refractivity contribution in [2.45, 2.75) is 74.8 Å². The second-order valence-corrected chi connectivity index (χ2v) is 12.4. The number of allylic oxidation sites excluding steroid dienone is 1. The Morgan fingerprint density at radius 3 is 2.73 bits per heavy atom. The Labute approximate surface area is 240 Å². The molecule has 2 atom stereocenters. The topological polar surface area (TPSA) is 90.3 Å². The Morgan fingerprint density at radius 1 is 1.07 bits per heavy atom. The van der Waals surface area contributed by atoms with Crippen LogP contribution in [0.2, 0.25) is 5.02 Å². The number of hydrogen-bond donors (Lipinski definition) is 2. The van der Waals surface area contributed by atoms with Gasteiger partial charge < -0.3 is 24.7 Å². The van der Waals surface area contributed by atoms with Gasteiger partial charge in [0.2, 0.25) is 5.91 Å². The second-order valence-electron chi connectivity index (χ2n) is 11.9. The molecule has 1 saturated carbocycles. The van der Waals surface area contributed by atoms with E-state index in [0.29, 0.717) is 25.4 Å². The molecule has 1 amide bonds. The molecule has 6 rings (SSSR count). The van der Waals surface area contributed by atoms with Crippen molar-refractivity contribution in [2.24, 2.45) is 0 Å². The molecule has 4 aliphatic rings. The molecule has 7 nitrogen and oxygen atoms in total. The zero-order chi connectivity index (χ0) is 27.9. The first-order valence-corrected chi connectivity index (χ1v) is 14.9. The number of anilines is 1. The largest absolute Gasteiger partial charge is 0.490 e. The summed E-state index contributed by atoms with van der Waals surface area (Å²) in [6, 6.07) is 11.4. The third kappa shape index (κ3) is 5.10. The standard InChI is InChI=1S/C32H37ClN2O5/c33-24-9-12-26-22(17-24)7-6-14-31(26)20-34-15-4-2-1-3-5-16-35(25-10-11-25)29(36)19-32(39,30(37)38)23-8-13-28(40-21-31)27(34)18-23/h3,5,8-9,12-13,17-18,25,39H,1-2,4,6-7,10-11,14-16,19-21H2,(H,37,38)/b5-3-/t31-,32+/m0/s1. The van der Waals surface area contributed by atoms with Crippen LogP contribution in [0.4, 0.5) is 5.69 Å². The van der Waals surface area contributed by atoms with Gasteiger partial charge in [0.15, 0.2) is 5.60 Å². The average Bonchev–Trinajstić information content (AvgIpc) is 3.78. The van der Waals surface area contributed by atoms with Crippen LogP contribution in [0.5, 0.6) is 5.75 Å². The van der Waals surface area contributed by atoms with Crippen LogP contribution in [0.15, 0.2) is 48.6 Å². The smallest absolute Gasteiger partial charge is 0.340 e. The molecule has 2 heterocycles. The SMILES string of the molecule is O=C1C[C@](O)(C(=O)O)c2ccc3c(c2)N(CCCC/C=C\CN1C1CC1)C[C@@]1(CCCc2cc(Cl)ccc21)CO3. The number of carbonyl (C=O) groups is 2. The maximum absolute atomic E-state index is 13.4. The van der Waals surface area contributed by atoms with Crippen LogP contribution in [0.3, 0.4) is 0 Å². The summed E-state index contributed by atoms with van der Waals surface area (Å²) < 4.78 is 6.49. The summed E-state index contributed by atoms with van der Waals surface area (Å²) in [5.74, 6) is -1.09. The van der Waals surface area contributed by atoms with E-state index in [0.717, 1.165) is 68.6 Å². The minimum absolute atomic E-state index is 0.117. The molecule has 2 bridgehead atoms. The highest BCUT2D eigenvalue weighted by Gasteiger charge is 2.45. The monoisotopic (exact) mass is 564 g/mol. The van der Waals surface area contributed by atoms with Crippen LogP contribution < -0.4 is 9.64 Å². The number of nitrogens with zero attached hydrogens (tertiary/aromatic N) is 2. The van der Waals surface area contributed by atoms with Gasteiger partial charge in [-0.3, -0.25) is 4.79 Å². The molecule has 2 aliphatic carbocycles. The van der Waals surface area contributed by atoms with E-state index in [1.54, 1.807) is 23.1 Å². The summed E-state index contributed by atoms with van der Waals surface area (Å²) in [5, 5.41) is 22.5. The van der Waals surface area contributed by atoms with Gasteiger partial charge >= 0.3 is 5.97 Å². The van der Waals surface area contributed by atoms with Crippen molar-refractivity contribution in [3.63, 3.8) is 0 Å². The van der Waals surface area contributed by atoms with Crippen LogP contribution in [0.25, 0.3) is 0 Å². The summed E-state index contributed by atoms with van der Waals surface area (Å²) >= 11 is 6.36. The number of carboxylic acid groups (broad SMARTS) is 1. The highest BCUT2D eigenvalue weighted by Crippen LogP contribution is 2.45. The first-order valence-electron chi connectivity index (χ1n) is 14.5. The fourth-order valence-corrected chi connectivity index (χ4v) is 6.94. The predicted octanol–water partition coefficient (Wildman–Crippen LogP) is 5.21.